The highest BCUT2D eigenvalue weighted by molar-refractivity contribution is 5.83. The van der Waals surface area contributed by atoms with Gasteiger partial charge in [-0.05, 0) is 78.0 Å². The van der Waals surface area contributed by atoms with Crippen molar-refractivity contribution < 1.29 is 56.4 Å². The number of rotatable bonds is 12. The van der Waals surface area contributed by atoms with Gasteiger partial charge in [0.1, 0.15) is 28.4 Å². The van der Waals surface area contributed by atoms with Crippen LogP contribution in [0.3, 0.4) is 0 Å². The molecule has 2 aliphatic rings. The molecule has 1 aromatic heterocycles. The number of carboxylic acids is 2. The summed E-state index contributed by atoms with van der Waals surface area (Å²) in [5.74, 6) is -3.22. The molecule has 45 heavy (non-hydrogen) atoms. The van der Waals surface area contributed by atoms with Gasteiger partial charge in [0.25, 0.3) is 0 Å². The normalized spacial score (nSPS) is 23.8. The summed E-state index contributed by atoms with van der Waals surface area (Å²) in [5.41, 5.74) is -5.09. The molecule has 14 heteroatoms. The predicted octanol–water partition coefficient (Wildman–Crippen LogP) is 6.32. The van der Waals surface area contributed by atoms with E-state index in [0.29, 0.717) is 0 Å². The van der Waals surface area contributed by atoms with Gasteiger partial charge in [0.2, 0.25) is 5.89 Å². The Kier molecular flexibility index (Phi) is 9.45. The molecule has 1 saturated carbocycles. The van der Waals surface area contributed by atoms with Crippen molar-refractivity contribution in [3.8, 4) is 23.0 Å². The summed E-state index contributed by atoms with van der Waals surface area (Å²) < 4.78 is 63.9. The van der Waals surface area contributed by atoms with E-state index in [9.17, 15) is 33.4 Å². The number of hydrogen-bond donors (Lipinski definition) is 3. The molecule has 1 aromatic carbocycles. The van der Waals surface area contributed by atoms with E-state index in [0.717, 1.165) is 25.8 Å². The van der Waals surface area contributed by atoms with E-state index < -0.39 is 59.7 Å². The van der Waals surface area contributed by atoms with E-state index in [2.05, 4.69) is 15.0 Å². The zero-order chi connectivity index (χ0) is 33.3. The highest BCUT2D eigenvalue weighted by Crippen LogP contribution is 2.48. The van der Waals surface area contributed by atoms with Crippen molar-refractivity contribution in [3.63, 3.8) is 0 Å². The van der Waals surface area contributed by atoms with Gasteiger partial charge in [-0.25, -0.2) is 14.2 Å². The van der Waals surface area contributed by atoms with Crippen LogP contribution in [0.15, 0.2) is 34.8 Å². The van der Waals surface area contributed by atoms with Crippen molar-refractivity contribution in [1.29, 1.82) is 0 Å². The maximum absolute atomic E-state index is 16.1. The van der Waals surface area contributed by atoms with Gasteiger partial charge in [-0.1, -0.05) is 12.2 Å². The van der Waals surface area contributed by atoms with Gasteiger partial charge in [-0.3, -0.25) is 9.59 Å². The monoisotopic (exact) mass is 638 g/mol. The number of nitrogens with zero attached hydrogens (tertiary/aromatic N) is 1. The number of hydrogen-bond acceptors (Lipinski definition) is 8. The molecule has 0 saturated heterocycles. The zero-order valence-electron chi connectivity index (χ0n) is 25.6. The zero-order valence-corrected chi connectivity index (χ0v) is 25.6. The van der Waals surface area contributed by atoms with Gasteiger partial charge in [0.05, 0.1) is 18.3 Å². The second kappa shape index (κ2) is 12.6. The lowest BCUT2D eigenvalue weighted by molar-refractivity contribution is -0.164. The van der Waals surface area contributed by atoms with Gasteiger partial charge in [-0.2, -0.15) is 8.78 Å². The topological polar surface area (TPSA) is 157 Å². The molecule has 4 rings (SSSR count). The summed E-state index contributed by atoms with van der Waals surface area (Å²) in [6.07, 6.45) is 0.242. The Morgan fingerprint density at radius 2 is 1.84 bits per heavy atom. The van der Waals surface area contributed by atoms with E-state index in [1.165, 1.54) is 31.2 Å². The van der Waals surface area contributed by atoms with Crippen molar-refractivity contribution in [2.24, 2.45) is 16.7 Å². The number of halogens is 3. The first kappa shape index (κ1) is 33.7. The number of carbonyl (C=O) groups is 3. The molecule has 1 fully saturated rings. The van der Waals surface area contributed by atoms with Gasteiger partial charge in [0.15, 0.2) is 11.5 Å². The maximum Gasteiger partial charge on any atom is 0.408 e. The largest absolute Gasteiger partial charge is 0.489 e. The fraction of sp³-hybridized carbons (Fsp3) is 0.548. The second-order valence-electron chi connectivity index (χ2n) is 12.7. The van der Waals surface area contributed by atoms with Crippen molar-refractivity contribution in [2.75, 3.05) is 6.61 Å². The highest BCUT2D eigenvalue weighted by Gasteiger charge is 2.58. The molecular weight excluding hydrogens is 601 g/mol. The lowest BCUT2D eigenvalue weighted by Gasteiger charge is -2.41. The third-order valence-corrected chi connectivity index (χ3v) is 7.75. The van der Waals surface area contributed by atoms with E-state index in [-0.39, 0.29) is 53.4 Å². The summed E-state index contributed by atoms with van der Waals surface area (Å²) in [6.45, 7) is 4.79. The molecule has 2 aliphatic carbocycles. The van der Waals surface area contributed by atoms with Crippen LogP contribution >= 0.6 is 0 Å². The number of aromatic nitrogens is 1. The summed E-state index contributed by atoms with van der Waals surface area (Å²) >= 11 is 0. The molecule has 11 nitrogen and oxygen atoms in total. The molecule has 1 amide bonds. The number of nitrogens with one attached hydrogen (secondary N) is 1. The molecule has 4 atom stereocenters. The van der Waals surface area contributed by atoms with Gasteiger partial charge in [0, 0.05) is 12.0 Å². The van der Waals surface area contributed by atoms with Gasteiger partial charge in [-0.15, -0.1) is 0 Å². The first-order chi connectivity index (χ1) is 20.9. The average molecular weight is 639 g/mol. The Bertz CT molecular complexity index is 1470. The summed E-state index contributed by atoms with van der Waals surface area (Å²) in [7, 11) is 0. The van der Waals surface area contributed by atoms with E-state index >= 15 is 4.39 Å². The first-order valence-electron chi connectivity index (χ1n) is 14.4. The van der Waals surface area contributed by atoms with Gasteiger partial charge >= 0.3 is 24.6 Å². The maximum atomic E-state index is 16.1. The Morgan fingerprint density at radius 3 is 2.42 bits per heavy atom. The molecule has 2 aromatic rings. The molecule has 0 spiro atoms. The van der Waals surface area contributed by atoms with E-state index in [1.54, 1.807) is 20.8 Å². The molecule has 0 bridgehead atoms. The SMILES string of the molecule is CC(NC(=O)OC(C)(C)C)c1oc(-c2ccc(OC(F)F)c(OCC3CC3)c2)nc1C[C@@]1(C(=O)O)C=CCC(C)(C(=O)O)C1F. The number of ether oxygens (including phenoxy) is 3. The average Bonchev–Trinajstić information content (AvgIpc) is 3.66. The fourth-order valence-electron chi connectivity index (χ4n) is 5.09. The summed E-state index contributed by atoms with van der Waals surface area (Å²) in [4.78, 5) is 41.8. The molecule has 3 unspecified atom stereocenters. The van der Waals surface area contributed by atoms with E-state index in [1.807, 2.05) is 0 Å². The quantitative estimate of drug-likeness (QED) is 0.225. The third kappa shape index (κ3) is 7.54. The van der Waals surface area contributed by atoms with Crippen LogP contribution in [-0.2, 0) is 20.7 Å². The Morgan fingerprint density at radius 1 is 1.16 bits per heavy atom. The minimum Gasteiger partial charge on any atom is -0.489 e. The minimum absolute atomic E-state index is 0.000745. The number of alkyl halides is 3. The number of aliphatic carboxylic acids is 2. The summed E-state index contributed by atoms with van der Waals surface area (Å²) in [5, 5.41) is 22.7. The third-order valence-electron chi connectivity index (χ3n) is 7.75. The van der Waals surface area contributed by atoms with Crippen LogP contribution in [0.1, 0.15) is 71.4 Å². The lowest BCUT2D eigenvalue weighted by atomic mass is 9.63. The van der Waals surface area contributed by atoms with Crippen LogP contribution in [-0.4, -0.2) is 58.2 Å². The second-order valence-corrected chi connectivity index (χ2v) is 12.7. The van der Waals surface area contributed by atoms with Crippen LogP contribution in [0, 0.1) is 16.7 Å². The fourth-order valence-corrected chi connectivity index (χ4v) is 5.09. The molecule has 246 valence electrons. The van der Waals surface area contributed by atoms with E-state index in [4.69, 9.17) is 13.9 Å². The Hall–Kier alpha value is -4.23. The van der Waals surface area contributed by atoms with Crippen molar-refractivity contribution >= 4 is 18.0 Å². The van der Waals surface area contributed by atoms with Crippen molar-refractivity contribution in [1.82, 2.24) is 10.3 Å². The minimum atomic E-state index is -3.11. The van der Waals surface area contributed by atoms with Crippen molar-refractivity contribution in [3.05, 3.63) is 41.8 Å². The lowest BCUT2D eigenvalue weighted by Crippen LogP contribution is -2.53. The van der Waals surface area contributed by atoms with Crippen LogP contribution in [0.5, 0.6) is 11.5 Å². The molecule has 0 aliphatic heterocycles. The van der Waals surface area contributed by atoms with Crippen LogP contribution in [0.25, 0.3) is 11.5 Å². The van der Waals surface area contributed by atoms with Crippen LogP contribution < -0.4 is 14.8 Å². The van der Waals surface area contributed by atoms with Crippen molar-refractivity contribution in [2.45, 2.75) is 84.7 Å². The smallest absolute Gasteiger partial charge is 0.408 e. The first-order valence-corrected chi connectivity index (χ1v) is 14.4. The Balaban J connectivity index is 1.78. The molecule has 0 radical (unpaired) electrons. The molecule has 3 N–H and O–H groups in total. The number of carbonyl (C=O) groups excluding carboxylic acids is 1. The highest BCUT2D eigenvalue weighted by atomic mass is 19.3. The number of benzene rings is 1. The van der Waals surface area contributed by atoms with Crippen LogP contribution in [0.4, 0.5) is 18.0 Å². The number of amides is 1. The number of allylic oxidation sites excluding steroid dienone is 1. The standard InChI is InChI=1S/C31H37F3N2O9/c1-16(35-28(41)45-29(2,3)4)22-19(14-31(26(39)40)12-6-11-30(5,24(31)32)25(37)38)36-23(44-22)18-9-10-20(43-27(33)34)21(13-18)42-15-17-7-8-17/h6,9-10,12-13,16-17,24,27H,7-8,11,14-15H2,1-5H3,(H,35,41)(H,37,38)(H,39,40)/t16?,24?,30?,31-/m0/s1. The Labute approximate surface area is 257 Å². The van der Waals surface area contributed by atoms with Crippen LogP contribution in [0.2, 0.25) is 0 Å². The molecule has 1 heterocycles. The number of oxazole rings is 1. The predicted molar refractivity (Wildman–Crippen MR) is 153 cm³/mol. The number of alkyl carbamates (subject to hydrolysis) is 1. The molecular formula is C31H37F3N2O9. The van der Waals surface area contributed by atoms with Gasteiger partial charge < -0.3 is 34.2 Å². The summed E-state index contributed by atoms with van der Waals surface area (Å²) in [6, 6.07) is 3.01. The number of carboxylic acid groups (broad SMARTS) is 2.